The molecule has 0 saturated heterocycles. The van der Waals surface area contributed by atoms with Crippen LogP contribution in [0.25, 0.3) is 0 Å². The minimum Gasteiger partial charge on any atom is -0.399 e. The molecule has 2 N–H and O–H groups in total. The van der Waals surface area contributed by atoms with E-state index in [9.17, 15) is 4.79 Å². The van der Waals surface area contributed by atoms with Gasteiger partial charge in [-0.3, -0.25) is 4.79 Å². The van der Waals surface area contributed by atoms with Crippen molar-refractivity contribution in [2.24, 2.45) is 5.10 Å². The van der Waals surface area contributed by atoms with Crippen LogP contribution in [0, 0.1) is 6.92 Å². The van der Waals surface area contributed by atoms with Gasteiger partial charge in [0.15, 0.2) is 0 Å². The topological polar surface area (TPSA) is 58.7 Å². The van der Waals surface area contributed by atoms with Gasteiger partial charge >= 0.3 is 0 Å². The number of nitrogen functional groups attached to an aromatic ring is 1. The largest absolute Gasteiger partial charge is 0.399 e. The van der Waals surface area contributed by atoms with E-state index in [1.54, 1.807) is 5.01 Å². The maximum atomic E-state index is 12.2. The van der Waals surface area contributed by atoms with E-state index in [0.29, 0.717) is 12.8 Å². The van der Waals surface area contributed by atoms with Gasteiger partial charge < -0.3 is 5.73 Å². The van der Waals surface area contributed by atoms with Gasteiger partial charge in [-0.05, 0) is 42.7 Å². The molecule has 0 atom stereocenters. The van der Waals surface area contributed by atoms with Gasteiger partial charge in [-0.1, -0.05) is 30.3 Å². The number of aryl methyl sites for hydroxylation is 1. The third-order valence-corrected chi connectivity index (χ3v) is 3.84. The average Bonchev–Trinajstić information content (AvgIpc) is 2.52. The zero-order chi connectivity index (χ0) is 15.5. The molecule has 0 spiro atoms. The second-order valence-corrected chi connectivity index (χ2v) is 5.58. The second kappa shape index (κ2) is 6.02. The van der Waals surface area contributed by atoms with Gasteiger partial charge in [-0.15, -0.1) is 0 Å². The van der Waals surface area contributed by atoms with Crippen molar-refractivity contribution < 1.29 is 4.79 Å². The zero-order valence-electron chi connectivity index (χ0n) is 12.6. The molecular weight excluding hydrogens is 274 g/mol. The molecule has 2 aromatic carbocycles. The maximum Gasteiger partial charge on any atom is 0.247 e. The van der Waals surface area contributed by atoms with Crippen LogP contribution < -0.4 is 10.7 Å². The number of hydrazone groups is 1. The highest BCUT2D eigenvalue weighted by Gasteiger charge is 2.22. The van der Waals surface area contributed by atoms with Crippen LogP contribution in [0.4, 0.5) is 11.4 Å². The van der Waals surface area contributed by atoms with Crippen molar-refractivity contribution in [2.75, 3.05) is 10.7 Å². The number of anilines is 2. The van der Waals surface area contributed by atoms with Gasteiger partial charge in [0.2, 0.25) is 5.91 Å². The predicted molar refractivity (Wildman–Crippen MR) is 89.9 cm³/mol. The number of rotatable bonds is 3. The predicted octanol–water partition coefficient (Wildman–Crippen LogP) is 3.30. The SMILES string of the molecule is Cc1ccccc1N1N=C(Cc2ccc(N)cc2)CCC1=O. The summed E-state index contributed by atoms with van der Waals surface area (Å²) in [5, 5.41) is 6.13. The molecule has 0 bridgehead atoms. The van der Waals surface area contributed by atoms with Crippen molar-refractivity contribution in [1.82, 2.24) is 0 Å². The summed E-state index contributed by atoms with van der Waals surface area (Å²) in [6.07, 6.45) is 1.96. The monoisotopic (exact) mass is 293 g/mol. The van der Waals surface area contributed by atoms with Crippen LogP contribution in [0.15, 0.2) is 53.6 Å². The number of amides is 1. The van der Waals surface area contributed by atoms with Crippen LogP contribution in [0.1, 0.15) is 24.0 Å². The number of nitrogens with zero attached hydrogens (tertiary/aromatic N) is 2. The van der Waals surface area contributed by atoms with Crippen molar-refractivity contribution in [3.63, 3.8) is 0 Å². The number of para-hydroxylation sites is 1. The van der Waals surface area contributed by atoms with E-state index in [1.165, 1.54) is 0 Å². The summed E-state index contributed by atoms with van der Waals surface area (Å²) in [7, 11) is 0. The van der Waals surface area contributed by atoms with Crippen molar-refractivity contribution in [2.45, 2.75) is 26.2 Å². The first-order valence-electron chi connectivity index (χ1n) is 7.43. The summed E-state index contributed by atoms with van der Waals surface area (Å²) in [5.74, 6) is 0.0513. The Balaban J connectivity index is 1.86. The quantitative estimate of drug-likeness (QED) is 0.883. The van der Waals surface area contributed by atoms with Crippen molar-refractivity contribution >= 4 is 23.0 Å². The zero-order valence-corrected chi connectivity index (χ0v) is 12.6. The van der Waals surface area contributed by atoms with E-state index in [0.717, 1.165) is 34.6 Å². The van der Waals surface area contributed by atoms with Crippen LogP contribution >= 0.6 is 0 Å². The summed E-state index contributed by atoms with van der Waals surface area (Å²) in [5.41, 5.74) is 10.6. The Bertz CT molecular complexity index is 719. The van der Waals surface area contributed by atoms with Gasteiger partial charge in [-0.2, -0.15) is 5.10 Å². The standard InChI is InChI=1S/C18H19N3O/c1-13-4-2-3-5-17(13)21-18(22)11-10-16(20-21)12-14-6-8-15(19)9-7-14/h2-9H,10-12,19H2,1H3. The molecule has 112 valence electrons. The molecule has 22 heavy (non-hydrogen) atoms. The summed E-state index contributed by atoms with van der Waals surface area (Å²) in [4.78, 5) is 12.2. The second-order valence-electron chi connectivity index (χ2n) is 5.58. The Morgan fingerprint density at radius 1 is 1.09 bits per heavy atom. The summed E-state index contributed by atoms with van der Waals surface area (Å²) >= 11 is 0. The number of hydrogen-bond donors (Lipinski definition) is 1. The lowest BCUT2D eigenvalue weighted by molar-refractivity contribution is -0.118. The molecule has 0 fully saturated rings. The van der Waals surface area contributed by atoms with Gasteiger partial charge in [0, 0.05) is 24.2 Å². The molecule has 0 saturated carbocycles. The Hall–Kier alpha value is -2.62. The molecule has 1 aliphatic rings. The van der Waals surface area contributed by atoms with E-state index in [-0.39, 0.29) is 5.91 Å². The van der Waals surface area contributed by atoms with E-state index in [1.807, 2.05) is 55.5 Å². The average molecular weight is 293 g/mol. The third kappa shape index (κ3) is 3.01. The van der Waals surface area contributed by atoms with Crippen LogP contribution in [-0.4, -0.2) is 11.6 Å². The minimum absolute atomic E-state index is 0.0513. The number of carbonyl (C=O) groups excluding carboxylic acids is 1. The van der Waals surface area contributed by atoms with Crippen LogP contribution in [0.5, 0.6) is 0 Å². The lowest BCUT2D eigenvalue weighted by atomic mass is 10.0. The normalized spacial score (nSPS) is 14.9. The highest BCUT2D eigenvalue weighted by Crippen LogP contribution is 2.24. The van der Waals surface area contributed by atoms with Crippen LogP contribution in [-0.2, 0) is 11.2 Å². The molecule has 0 aliphatic carbocycles. The van der Waals surface area contributed by atoms with E-state index < -0.39 is 0 Å². The molecule has 0 radical (unpaired) electrons. The van der Waals surface area contributed by atoms with Gasteiger partial charge in [-0.25, -0.2) is 5.01 Å². The number of nitrogens with two attached hydrogens (primary N) is 1. The summed E-state index contributed by atoms with van der Waals surface area (Å²) < 4.78 is 0. The third-order valence-electron chi connectivity index (χ3n) is 3.84. The fourth-order valence-corrected chi connectivity index (χ4v) is 2.59. The molecule has 1 heterocycles. The summed E-state index contributed by atoms with van der Waals surface area (Å²) in [6, 6.07) is 15.6. The highest BCUT2D eigenvalue weighted by atomic mass is 16.2. The first kappa shape index (κ1) is 14.3. The maximum absolute atomic E-state index is 12.2. The molecule has 0 aromatic heterocycles. The number of hydrogen-bond acceptors (Lipinski definition) is 3. The van der Waals surface area contributed by atoms with Crippen molar-refractivity contribution in [3.8, 4) is 0 Å². The fourth-order valence-electron chi connectivity index (χ4n) is 2.59. The Morgan fingerprint density at radius 3 is 2.55 bits per heavy atom. The van der Waals surface area contributed by atoms with E-state index in [2.05, 4.69) is 5.10 Å². The molecule has 3 rings (SSSR count). The highest BCUT2D eigenvalue weighted by molar-refractivity contribution is 6.02. The first-order valence-corrected chi connectivity index (χ1v) is 7.43. The molecule has 4 heteroatoms. The fraction of sp³-hybridized carbons (Fsp3) is 0.222. The Morgan fingerprint density at radius 2 is 1.82 bits per heavy atom. The van der Waals surface area contributed by atoms with Crippen LogP contribution in [0.2, 0.25) is 0 Å². The molecule has 1 aliphatic heterocycles. The van der Waals surface area contributed by atoms with Gasteiger partial charge in [0.25, 0.3) is 0 Å². The number of carbonyl (C=O) groups is 1. The summed E-state index contributed by atoms with van der Waals surface area (Å²) in [6.45, 7) is 1.99. The lowest BCUT2D eigenvalue weighted by Gasteiger charge is -2.25. The first-order chi connectivity index (χ1) is 10.6. The van der Waals surface area contributed by atoms with Gasteiger partial charge in [0.05, 0.1) is 5.69 Å². The smallest absolute Gasteiger partial charge is 0.247 e. The van der Waals surface area contributed by atoms with Crippen molar-refractivity contribution in [1.29, 1.82) is 0 Å². The lowest BCUT2D eigenvalue weighted by Crippen LogP contribution is -2.32. The number of benzene rings is 2. The Labute approximate surface area is 130 Å². The van der Waals surface area contributed by atoms with E-state index >= 15 is 0 Å². The van der Waals surface area contributed by atoms with E-state index in [4.69, 9.17) is 5.73 Å². The van der Waals surface area contributed by atoms with Crippen LogP contribution in [0.3, 0.4) is 0 Å². The molecule has 2 aromatic rings. The molecular formula is C18H19N3O. The molecule has 1 amide bonds. The molecule has 4 nitrogen and oxygen atoms in total. The molecule has 0 unspecified atom stereocenters. The Kier molecular flexibility index (Phi) is 3.92. The van der Waals surface area contributed by atoms with Crippen molar-refractivity contribution in [3.05, 3.63) is 59.7 Å². The minimum atomic E-state index is 0.0513. The van der Waals surface area contributed by atoms with Gasteiger partial charge in [0.1, 0.15) is 0 Å².